The van der Waals surface area contributed by atoms with Crippen LogP contribution in [0, 0.1) is 5.82 Å². The van der Waals surface area contributed by atoms with Gasteiger partial charge in [-0.15, -0.1) is 0 Å². The number of nitrogens with one attached hydrogen (secondary N) is 2. The van der Waals surface area contributed by atoms with Gasteiger partial charge < -0.3 is 15.4 Å². The zero-order valence-corrected chi connectivity index (χ0v) is 16.9. The maximum atomic E-state index is 13.7. The van der Waals surface area contributed by atoms with Crippen LogP contribution in [0.4, 0.5) is 10.2 Å². The zero-order chi connectivity index (χ0) is 21.4. The second kappa shape index (κ2) is 7.81. The molecule has 0 fully saturated rings. The van der Waals surface area contributed by atoms with E-state index in [1.165, 1.54) is 17.0 Å². The van der Waals surface area contributed by atoms with Crippen LogP contribution in [-0.4, -0.2) is 36.2 Å². The summed E-state index contributed by atoms with van der Waals surface area (Å²) in [6.07, 6.45) is 6.42. The highest BCUT2D eigenvalue weighted by Gasteiger charge is 2.16. The number of aromatic nitrogens is 5. The van der Waals surface area contributed by atoms with E-state index in [0.29, 0.717) is 34.8 Å². The summed E-state index contributed by atoms with van der Waals surface area (Å²) in [7, 11) is 0. The van der Waals surface area contributed by atoms with E-state index >= 15 is 0 Å². The molecule has 1 aromatic carbocycles. The second-order valence-corrected chi connectivity index (χ2v) is 7.47. The molecule has 0 aliphatic carbocycles. The molecule has 0 saturated heterocycles. The third-order valence-corrected chi connectivity index (χ3v) is 5.33. The van der Waals surface area contributed by atoms with Crippen LogP contribution in [0.2, 0.25) is 0 Å². The van der Waals surface area contributed by atoms with Gasteiger partial charge in [-0.25, -0.2) is 9.37 Å². The van der Waals surface area contributed by atoms with Crippen molar-refractivity contribution in [2.45, 2.75) is 19.4 Å². The maximum absolute atomic E-state index is 13.7. The van der Waals surface area contributed by atoms with Crippen LogP contribution >= 0.6 is 0 Å². The number of halogens is 1. The average Bonchev–Trinajstić information content (AvgIpc) is 3.38. The van der Waals surface area contributed by atoms with Gasteiger partial charge in [-0.1, -0.05) is 18.2 Å². The van der Waals surface area contributed by atoms with Crippen LogP contribution in [0.3, 0.4) is 0 Å². The Morgan fingerprint density at radius 2 is 2.06 bits per heavy atom. The number of anilines is 1. The molecule has 31 heavy (non-hydrogen) atoms. The number of fused-ring (bicyclic) bond motifs is 2. The van der Waals surface area contributed by atoms with E-state index in [9.17, 15) is 9.50 Å². The van der Waals surface area contributed by atoms with Gasteiger partial charge in [0, 0.05) is 47.0 Å². The molecular formula is C23H21FN6O. The van der Waals surface area contributed by atoms with Crippen molar-refractivity contribution < 1.29 is 9.50 Å². The van der Waals surface area contributed by atoms with Crippen molar-refractivity contribution in [3.05, 3.63) is 78.1 Å². The summed E-state index contributed by atoms with van der Waals surface area (Å²) in [5, 5.41) is 19.1. The molecule has 0 aliphatic rings. The predicted molar refractivity (Wildman–Crippen MR) is 117 cm³/mol. The minimum Gasteiger partial charge on any atom is -0.389 e. The number of nitrogens with zero attached hydrogens (tertiary/aromatic N) is 4. The lowest BCUT2D eigenvalue weighted by molar-refractivity contribution is 0.200. The number of aromatic amines is 1. The first-order valence-electron chi connectivity index (χ1n) is 10.1. The van der Waals surface area contributed by atoms with Crippen molar-refractivity contribution in [1.82, 2.24) is 24.6 Å². The third kappa shape index (κ3) is 3.62. The smallest absolute Gasteiger partial charge is 0.163 e. The minimum absolute atomic E-state index is 0.433. The van der Waals surface area contributed by atoms with Crippen molar-refractivity contribution in [3.8, 4) is 11.3 Å². The number of hydrogen-bond donors (Lipinski definition) is 3. The molecule has 5 aromatic rings. The molecule has 0 spiro atoms. The minimum atomic E-state index is -0.732. The van der Waals surface area contributed by atoms with Crippen LogP contribution in [-0.2, 0) is 6.42 Å². The summed E-state index contributed by atoms with van der Waals surface area (Å²) in [5.41, 5.74) is 4.56. The highest BCUT2D eigenvalue weighted by Crippen LogP contribution is 2.26. The first-order chi connectivity index (χ1) is 15.1. The normalized spacial score (nSPS) is 12.5. The zero-order valence-electron chi connectivity index (χ0n) is 16.9. The Bertz CT molecular complexity index is 1370. The fourth-order valence-corrected chi connectivity index (χ4v) is 3.76. The summed E-state index contributed by atoms with van der Waals surface area (Å²) >= 11 is 0. The number of pyridine rings is 1. The number of hydrogen-bond acceptors (Lipinski definition) is 5. The molecule has 1 atom stereocenters. The van der Waals surface area contributed by atoms with Crippen molar-refractivity contribution in [2.75, 3.05) is 11.9 Å². The second-order valence-electron chi connectivity index (χ2n) is 7.47. The van der Waals surface area contributed by atoms with Gasteiger partial charge in [0.2, 0.25) is 0 Å². The standard InChI is InChI=1S/C23H21FN6O/c1-14(31)19-13-28-30-22(9-21(29-23(19)30)16-8-17(24)12-25-10-16)26-7-6-15-11-27-20-5-3-2-4-18(15)20/h2-5,8-14,26-27,31H,6-7H2,1H3. The lowest BCUT2D eigenvalue weighted by Crippen LogP contribution is -2.10. The van der Waals surface area contributed by atoms with Crippen LogP contribution < -0.4 is 5.32 Å². The summed E-state index contributed by atoms with van der Waals surface area (Å²) in [5.74, 6) is 0.272. The van der Waals surface area contributed by atoms with E-state index in [4.69, 9.17) is 0 Å². The molecule has 0 bridgehead atoms. The largest absolute Gasteiger partial charge is 0.389 e. The molecule has 0 radical (unpaired) electrons. The lowest BCUT2D eigenvalue weighted by Gasteiger charge is -2.12. The van der Waals surface area contributed by atoms with E-state index in [1.807, 2.05) is 24.4 Å². The van der Waals surface area contributed by atoms with Gasteiger partial charge in [-0.05, 0) is 31.0 Å². The van der Waals surface area contributed by atoms with Crippen molar-refractivity contribution in [3.63, 3.8) is 0 Å². The van der Waals surface area contributed by atoms with Gasteiger partial charge in [-0.2, -0.15) is 9.61 Å². The number of para-hydroxylation sites is 1. The number of aliphatic hydroxyl groups excluding tert-OH is 1. The van der Waals surface area contributed by atoms with Crippen LogP contribution in [0.25, 0.3) is 27.8 Å². The predicted octanol–water partition coefficient (Wildman–Crippen LogP) is 4.12. The SMILES string of the molecule is CC(O)c1cnn2c(NCCc3c[nH]c4ccccc34)cc(-c3cncc(F)c3)nc12. The van der Waals surface area contributed by atoms with E-state index in [2.05, 4.69) is 37.5 Å². The van der Waals surface area contributed by atoms with Gasteiger partial charge in [-0.3, -0.25) is 4.98 Å². The molecular weight excluding hydrogens is 395 g/mol. The number of benzene rings is 1. The highest BCUT2D eigenvalue weighted by molar-refractivity contribution is 5.83. The van der Waals surface area contributed by atoms with E-state index in [0.717, 1.165) is 18.1 Å². The van der Waals surface area contributed by atoms with Gasteiger partial charge in [0.05, 0.1) is 24.2 Å². The van der Waals surface area contributed by atoms with Crippen LogP contribution in [0.1, 0.15) is 24.2 Å². The average molecular weight is 416 g/mol. The fraction of sp³-hybridized carbons (Fsp3) is 0.174. The molecule has 1 unspecified atom stereocenters. The van der Waals surface area contributed by atoms with Crippen molar-refractivity contribution in [1.29, 1.82) is 0 Å². The van der Waals surface area contributed by atoms with Gasteiger partial charge in [0.15, 0.2) is 5.65 Å². The number of H-pyrrole nitrogens is 1. The Morgan fingerprint density at radius 1 is 1.19 bits per heavy atom. The Morgan fingerprint density at radius 3 is 2.90 bits per heavy atom. The number of aliphatic hydroxyl groups is 1. The molecule has 0 saturated carbocycles. The Hall–Kier alpha value is -3.78. The first kappa shape index (κ1) is 19.2. The van der Waals surface area contributed by atoms with Crippen LogP contribution in [0.5, 0.6) is 0 Å². The maximum Gasteiger partial charge on any atom is 0.163 e. The molecule has 5 rings (SSSR count). The van der Waals surface area contributed by atoms with Gasteiger partial charge >= 0.3 is 0 Å². The Labute approximate surface area is 177 Å². The summed E-state index contributed by atoms with van der Waals surface area (Å²) in [6, 6.07) is 11.4. The fourth-order valence-electron chi connectivity index (χ4n) is 3.76. The van der Waals surface area contributed by atoms with E-state index in [1.54, 1.807) is 23.8 Å². The van der Waals surface area contributed by atoms with Crippen molar-refractivity contribution >= 4 is 22.4 Å². The summed E-state index contributed by atoms with van der Waals surface area (Å²) in [6.45, 7) is 2.32. The van der Waals surface area contributed by atoms with Crippen molar-refractivity contribution in [2.24, 2.45) is 0 Å². The van der Waals surface area contributed by atoms with Crippen LogP contribution in [0.15, 0.2) is 61.2 Å². The quantitative estimate of drug-likeness (QED) is 0.387. The first-order valence-corrected chi connectivity index (χ1v) is 10.1. The number of rotatable bonds is 6. The molecule has 3 N–H and O–H groups in total. The van der Waals surface area contributed by atoms with Gasteiger partial charge in [0.25, 0.3) is 0 Å². The summed E-state index contributed by atoms with van der Waals surface area (Å²) < 4.78 is 15.4. The third-order valence-electron chi connectivity index (χ3n) is 5.33. The van der Waals surface area contributed by atoms with Gasteiger partial charge in [0.1, 0.15) is 11.6 Å². The van der Waals surface area contributed by atoms with E-state index < -0.39 is 11.9 Å². The summed E-state index contributed by atoms with van der Waals surface area (Å²) in [4.78, 5) is 11.8. The molecule has 0 amide bonds. The molecule has 0 aliphatic heterocycles. The Balaban J connectivity index is 1.49. The lowest BCUT2D eigenvalue weighted by atomic mass is 10.1. The molecule has 7 nitrogen and oxygen atoms in total. The monoisotopic (exact) mass is 416 g/mol. The molecule has 4 heterocycles. The Kier molecular flexibility index (Phi) is 4.83. The van der Waals surface area contributed by atoms with E-state index in [-0.39, 0.29) is 0 Å². The molecule has 4 aromatic heterocycles. The molecule has 8 heteroatoms. The molecule has 156 valence electrons. The highest BCUT2D eigenvalue weighted by atomic mass is 19.1. The topological polar surface area (TPSA) is 91.1 Å².